The Labute approximate surface area is 128 Å². The largest absolute Gasteiger partial charge is 0.344 e. The van der Waals surface area contributed by atoms with Gasteiger partial charge in [-0.25, -0.2) is 0 Å². The lowest BCUT2D eigenvalue weighted by molar-refractivity contribution is 0.0932. The molecule has 0 aromatic carbocycles. The van der Waals surface area contributed by atoms with Crippen molar-refractivity contribution in [2.45, 2.75) is 26.3 Å². The first kappa shape index (κ1) is 15.5. The first-order valence-electron chi connectivity index (χ1n) is 6.98. The van der Waals surface area contributed by atoms with Gasteiger partial charge in [-0.1, -0.05) is 19.9 Å². The summed E-state index contributed by atoms with van der Waals surface area (Å²) < 4.78 is 1.45. The standard InChI is InChI=1S/C16H20N2O2S/c1-11(2)9-13(14-5-4-8-21-14)17-16(20)12-6-7-18(3)15(19)10-12/h4-8,10-11,13H,9H2,1-3H3,(H,17,20)/t13-/m0/s1. The Bertz CT molecular complexity index is 659. The maximum absolute atomic E-state index is 12.3. The average Bonchev–Trinajstić information content (AvgIpc) is 2.94. The zero-order chi connectivity index (χ0) is 15.4. The van der Waals surface area contributed by atoms with Gasteiger partial charge in [-0.2, -0.15) is 0 Å². The van der Waals surface area contributed by atoms with Crippen LogP contribution in [0.1, 0.15) is 41.5 Å². The van der Waals surface area contributed by atoms with E-state index in [1.807, 2.05) is 17.5 Å². The van der Waals surface area contributed by atoms with Gasteiger partial charge in [-0.15, -0.1) is 11.3 Å². The van der Waals surface area contributed by atoms with Gasteiger partial charge in [-0.05, 0) is 29.9 Å². The van der Waals surface area contributed by atoms with Gasteiger partial charge in [0.2, 0.25) is 0 Å². The number of carbonyl (C=O) groups is 1. The van der Waals surface area contributed by atoms with E-state index in [0.29, 0.717) is 11.5 Å². The fourth-order valence-electron chi connectivity index (χ4n) is 2.14. The van der Waals surface area contributed by atoms with E-state index in [4.69, 9.17) is 0 Å². The summed E-state index contributed by atoms with van der Waals surface area (Å²) in [7, 11) is 1.66. The van der Waals surface area contributed by atoms with Crippen LogP contribution in [0.4, 0.5) is 0 Å². The minimum atomic E-state index is -0.202. The van der Waals surface area contributed by atoms with E-state index in [2.05, 4.69) is 19.2 Å². The molecule has 0 aliphatic rings. The molecule has 1 N–H and O–H groups in total. The molecule has 0 fully saturated rings. The van der Waals surface area contributed by atoms with Gasteiger partial charge in [0.05, 0.1) is 6.04 Å². The molecular formula is C16H20N2O2S. The van der Waals surface area contributed by atoms with E-state index in [0.717, 1.165) is 11.3 Å². The number of rotatable bonds is 5. The molecule has 4 nitrogen and oxygen atoms in total. The Kier molecular flexibility index (Phi) is 4.96. The maximum Gasteiger partial charge on any atom is 0.252 e. The fourth-order valence-corrected chi connectivity index (χ4v) is 2.93. The molecule has 1 atom stereocenters. The molecule has 112 valence electrons. The predicted molar refractivity (Wildman–Crippen MR) is 85.7 cm³/mol. The minimum absolute atomic E-state index is 0.0124. The highest BCUT2D eigenvalue weighted by atomic mass is 32.1. The first-order chi connectivity index (χ1) is 9.97. The highest BCUT2D eigenvalue weighted by Gasteiger charge is 2.18. The van der Waals surface area contributed by atoms with Gasteiger partial charge < -0.3 is 9.88 Å². The molecule has 21 heavy (non-hydrogen) atoms. The summed E-state index contributed by atoms with van der Waals surface area (Å²) in [5, 5.41) is 5.04. The predicted octanol–water partition coefficient (Wildman–Crippen LogP) is 2.96. The molecule has 0 aliphatic heterocycles. The number of carbonyl (C=O) groups excluding carboxylic acids is 1. The molecule has 2 aromatic heterocycles. The highest BCUT2D eigenvalue weighted by Crippen LogP contribution is 2.25. The van der Waals surface area contributed by atoms with Crippen LogP contribution in [0, 0.1) is 5.92 Å². The molecule has 2 aromatic rings. The van der Waals surface area contributed by atoms with Gasteiger partial charge in [0, 0.05) is 29.8 Å². The molecular weight excluding hydrogens is 284 g/mol. The van der Waals surface area contributed by atoms with E-state index in [1.54, 1.807) is 30.6 Å². The van der Waals surface area contributed by atoms with Crippen LogP contribution in [-0.2, 0) is 7.05 Å². The van der Waals surface area contributed by atoms with Gasteiger partial charge >= 0.3 is 0 Å². The number of aryl methyl sites for hydroxylation is 1. The normalized spacial score (nSPS) is 12.4. The number of hydrogen-bond acceptors (Lipinski definition) is 3. The lowest BCUT2D eigenvalue weighted by Crippen LogP contribution is -2.30. The molecule has 2 heterocycles. The van der Waals surface area contributed by atoms with Crippen LogP contribution in [0.2, 0.25) is 0 Å². The number of aromatic nitrogens is 1. The second-order valence-electron chi connectivity index (χ2n) is 5.54. The number of hydrogen-bond donors (Lipinski definition) is 1. The maximum atomic E-state index is 12.3. The smallest absolute Gasteiger partial charge is 0.252 e. The molecule has 0 aliphatic carbocycles. The second-order valence-corrected chi connectivity index (χ2v) is 6.51. The van der Waals surface area contributed by atoms with Gasteiger partial charge in [0.1, 0.15) is 0 Å². The van der Waals surface area contributed by atoms with Crippen molar-refractivity contribution in [3.63, 3.8) is 0 Å². The third-order valence-electron chi connectivity index (χ3n) is 3.27. The van der Waals surface area contributed by atoms with Crippen molar-refractivity contribution < 1.29 is 4.79 Å². The summed E-state index contributed by atoms with van der Waals surface area (Å²) in [6, 6.07) is 7.04. The lowest BCUT2D eigenvalue weighted by atomic mass is 10.0. The summed E-state index contributed by atoms with van der Waals surface area (Å²) in [5.74, 6) is 0.271. The van der Waals surface area contributed by atoms with Crippen molar-refractivity contribution in [2.24, 2.45) is 13.0 Å². The molecule has 0 saturated carbocycles. The first-order valence-corrected chi connectivity index (χ1v) is 7.86. The third-order valence-corrected chi connectivity index (χ3v) is 4.25. The zero-order valence-corrected chi connectivity index (χ0v) is 13.3. The number of pyridine rings is 1. The molecule has 0 unspecified atom stereocenters. The number of amides is 1. The lowest BCUT2D eigenvalue weighted by Gasteiger charge is -2.19. The summed E-state index contributed by atoms with van der Waals surface area (Å²) in [6.07, 6.45) is 2.48. The van der Waals surface area contributed by atoms with Crippen LogP contribution in [0.15, 0.2) is 40.6 Å². The minimum Gasteiger partial charge on any atom is -0.344 e. The van der Waals surface area contributed by atoms with E-state index in [1.165, 1.54) is 10.6 Å². The summed E-state index contributed by atoms with van der Waals surface area (Å²) in [5.41, 5.74) is 0.225. The van der Waals surface area contributed by atoms with E-state index in [9.17, 15) is 9.59 Å². The van der Waals surface area contributed by atoms with Crippen molar-refractivity contribution in [3.05, 3.63) is 56.6 Å². The molecule has 1 amide bonds. The van der Waals surface area contributed by atoms with E-state index >= 15 is 0 Å². The second kappa shape index (κ2) is 6.72. The number of nitrogens with one attached hydrogen (secondary N) is 1. The van der Waals surface area contributed by atoms with Crippen LogP contribution in [-0.4, -0.2) is 10.5 Å². The summed E-state index contributed by atoms with van der Waals surface area (Å²) >= 11 is 1.64. The Morgan fingerprint density at radius 3 is 2.71 bits per heavy atom. The topological polar surface area (TPSA) is 51.1 Å². The van der Waals surface area contributed by atoms with Gasteiger partial charge in [0.25, 0.3) is 11.5 Å². The molecule has 0 saturated heterocycles. The number of thiophene rings is 1. The number of nitrogens with zero attached hydrogens (tertiary/aromatic N) is 1. The molecule has 0 bridgehead atoms. The van der Waals surface area contributed by atoms with Crippen molar-refractivity contribution in [1.29, 1.82) is 0 Å². The monoisotopic (exact) mass is 304 g/mol. The van der Waals surface area contributed by atoms with Gasteiger partial charge in [-0.3, -0.25) is 9.59 Å². The quantitative estimate of drug-likeness (QED) is 0.923. The third kappa shape index (κ3) is 4.04. The molecule has 5 heteroatoms. The Morgan fingerprint density at radius 2 is 2.14 bits per heavy atom. The molecule has 2 rings (SSSR count). The Hall–Kier alpha value is -1.88. The molecule has 0 radical (unpaired) electrons. The van der Waals surface area contributed by atoms with Gasteiger partial charge in [0.15, 0.2) is 0 Å². The van der Waals surface area contributed by atoms with Crippen molar-refractivity contribution in [3.8, 4) is 0 Å². The summed E-state index contributed by atoms with van der Waals surface area (Å²) in [6.45, 7) is 4.26. The van der Waals surface area contributed by atoms with Crippen molar-refractivity contribution in [2.75, 3.05) is 0 Å². The Balaban J connectivity index is 2.17. The van der Waals surface area contributed by atoms with E-state index < -0.39 is 0 Å². The molecule has 0 spiro atoms. The zero-order valence-electron chi connectivity index (χ0n) is 12.5. The highest BCUT2D eigenvalue weighted by molar-refractivity contribution is 7.10. The van der Waals surface area contributed by atoms with Crippen LogP contribution < -0.4 is 10.9 Å². The van der Waals surface area contributed by atoms with Crippen LogP contribution >= 0.6 is 11.3 Å². The van der Waals surface area contributed by atoms with Crippen LogP contribution in [0.5, 0.6) is 0 Å². The average molecular weight is 304 g/mol. The SMILES string of the molecule is CC(C)C[C@H](NC(=O)c1ccn(C)c(=O)c1)c1cccs1. The van der Waals surface area contributed by atoms with E-state index in [-0.39, 0.29) is 17.5 Å². The van der Waals surface area contributed by atoms with Crippen molar-refractivity contribution in [1.82, 2.24) is 9.88 Å². The summed E-state index contributed by atoms with van der Waals surface area (Å²) in [4.78, 5) is 25.1. The van der Waals surface area contributed by atoms with Crippen LogP contribution in [0.3, 0.4) is 0 Å². The fraction of sp³-hybridized carbons (Fsp3) is 0.375. The van der Waals surface area contributed by atoms with Crippen molar-refractivity contribution >= 4 is 17.2 Å². The van der Waals surface area contributed by atoms with Crippen LogP contribution in [0.25, 0.3) is 0 Å². The Morgan fingerprint density at radius 1 is 1.38 bits per heavy atom.